The van der Waals surface area contributed by atoms with Gasteiger partial charge >= 0.3 is 6.03 Å². The van der Waals surface area contributed by atoms with E-state index in [9.17, 15) is 4.79 Å². The van der Waals surface area contributed by atoms with Crippen LogP contribution in [0.1, 0.15) is 39.5 Å². The number of ether oxygens (including phenoxy) is 1. The Morgan fingerprint density at radius 3 is 2.31 bits per heavy atom. The number of hydrogen-bond donors (Lipinski definition) is 1. The molecular formula is C12H22N2O2. The highest BCUT2D eigenvalue weighted by Crippen LogP contribution is 2.36. The summed E-state index contributed by atoms with van der Waals surface area (Å²) in [5, 5.41) is 2.99. The van der Waals surface area contributed by atoms with Crippen LogP contribution in [0, 0.1) is 0 Å². The smallest absolute Gasteiger partial charge is 0.318 e. The third-order valence-electron chi connectivity index (χ3n) is 3.67. The minimum absolute atomic E-state index is 0.108. The third-order valence-corrected chi connectivity index (χ3v) is 3.67. The van der Waals surface area contributed by atoms with E-state index in [1.165, 1.54) is 0 Å². The second-order valence-electron chi connectivity index (χ2n) is 5.23. The summed E-state index contributed by atoms with van der Waals surface area (Å²) in [5.41, 5.74) is 0. The predicted molar refractivity (Wildman–Crippen MR) is 62.3 cm³/mol. The first-order valence-electron chi connectivity index (χ1n) is 6.23. The van der Waals surface area contributed by atoms with Crippen LogP contribution in [-0.4, -0.2) is 42.3 Å². The normalized spacial score (nSPS) is 33.2. The first-order valence-corrected chi connectivity index (χ1v) is 6.23. The highest BCUT2D eigenvalue weighted by molar-refractivity contribution is 5.75. The molecule has 0 aliphatic carbocycles. The lowest BCUT2D eigenvalue weighted by Crippen LogP contribution is -2.53. The average Bonchev–Trinajstić information content (AvgIpc) is 2.49. The number of hydrogen-bond acceptors (Lipinski definition) is 2. The molecule has 1 N–H and O–H groups in total. The molecule has 2 heterocycles. The Bertz CT molecular complexity index is 254. The maximum atomic E-state index is 12.0. The second kappa shape index (κ2) is 4.62. The molecule has 0 spiro atoms. The molecule has 2 aliphatic rings. The van der Waals surface area contributed by atoms with Gasteiger partial charge < -0.3 is 15.0 Å². The highest BCUT2D eigenvalue weighted by Gasteiger charge is 2.43. The van der Waals surface area contributed by atoms with Gasteiger partial charge in [-0.05, 0) is 39.5 Å². The van der Waals surface area contributed by atoms with Crippen molar-refractivity contribution < 1.29 is 9.53 Å². The standard InChI is InChI=1S/C12H22N2O2/c1-8(2)13-12(15)14-9-4-5-10(14)7-11(6-9)16-3/h8-11H,4-7H2,1-3H3,(H,13,15). The predicted octanol–water partition coefficient (Wildman–Crippen LogP) is 1.75. The van der Waals surface area contributed by atoms with Gasteiger partial charge in [0.2, 0.25) is 0 Å². The Hall–Kier alpha value is -0.770. The van der Waals surface area contributed by atoms with Crippen LogP contribution in [0.4, 0.5) is 4.79 Å². The van der Waals surface area contributed by atoms with E-state index >= 15 is 0 Å². The molecule has 0 radical (unpaired) electrons. The molecule has 4 nitrogen and oxygen atoms in total. The maximum absolute atomic E-state index is 12.0. The van der Waals surface area contributed by atoms with E-state index in [4.69, 9.17) is 4.74 Å². The Balaban J connectivity index is 2.00. The average molecular weight is 226 g/mol. The zero-order chi connectivity index (χ0) is 11.7. The number of nitrogens with one attached hydrogen (secondary N) is 1. The van der Waals surface area contributed by atoms with Crippen LogP contribution in [0.15, 0.2) is 0 Å². The summed E-state index contributed by atoms with van der Waals surface area (Å²) in [5.74, 6) is 0. The van der Waals surface area contributed by atoms with Gasteiger partial charge in [-0.2, -0.15) is 0 Å². The molecule has 0 saturated carbocycles. The van der Waals surface area contributed by atoms with E-state index in [1.54, 1.807) is 7.11 Å². The van der Waals surface area contributed by atoms with Crippen molar-refractivity contribution in [1.29, 1.82) is 0 Å². The number of amides is 2. The van der Waals surface area contributed by atoms with E-state index in [-0.39, 0.29) is 12.1 Å². The summed E-state index contributed by atoms with van der Waals surface area (Å²) in [6, 6.07) is 1.11. The molecule has 2 unspecified atom stereocenters. The van der Waals surface area contributed by atoms with Gasteiger partial charge in [-0.15, -0.1) is 0 Å². The molecule has 2 bridgehead atoms. The lowest BCUT2D eigenvalue weighted by atomic mass is 10.0. The van der Waals surface area contributed by atoms with Crippen molar-refractivity contribution in [2.45, 2.75) is 63.8 Å². The molecular weight excluding hydrogens is 204 g/mol. The van der Waals surface area contributed by atoms with E-state index in [0.717, 1.165) is 25.7 Å². The number of nitrogens with zero attached hydrogens (tertiary/aromatic N) is 1. The van der Waals surface area contributed by atoms with Crippen molar-refractivity contribution in [1.82, 2.24) is 10.2 Å². The van der Waals surface area contributed by atoms with Gasteiger partial charge in [-0.3, -0.25) is 0 Å². The maximum Gasteiger partial charge on any atom is 0.318 e. The molecule has 4 heteroatoms. The van der Waals surface area contributed by atoms with Crippen LogP contribution in [0.2, 0.25) is 0 Å². The topological polar surface area (TPSA) is 41.6 Å². The summed E-state index contributed by atoms with van der Waals surface area (Å²) in [6.07, 6.45) is 4.61. The quantitative estimate of drug-likeness (QED) is 0.779. The summed E-state index contributed by atoms with van der Waals surface area (Å²) < 4.78 is 5.42. The van der Waals surface area contributed by atoms with Gasteiger partial charge in [0.25, 0.3) is 0 Å². The van der Waals surface area contributed by atoms with E-state index < -0.39 is 0 Å². The van der Waals surface area contributed by atoms with Crippen molar-refractivity contribution >= 4 is 6.03 Å². The van der Waals surface area contributed by atoms with Crippen LogP contribution in [0.3, 0.4) is 0 Å². The number of methoxy groups -OCH3 is 1. The van der Waals surface area contributed by atoms with Gasteiger partial charge in [-0.25, -0.2) is 4.79 Å². The number of urea groups is 1. The number of piperidine rings is 1. The Morgan fingerprint density at radius 1 is 1.31 bits per heavy atom. The molecule has 16 heavy (non-hydrogen) atoms. The highest BCUT2D eigenvalue weighted by atomic mass is 16.5. The van der Waals surface area contributed by atoms with Crippen molar-refractivity contribution in [2.24, 2.45) is 0 Å². The largest absolute Gasteiger partial charge is 0.381 e. The summed E-state index contributed by atoms with van der Waals surface area (Å²) in [7, 11) is 1.77. The fraction of sp³-hybridized carbons (Fsp3) is 0.917. The molecule has 0 aromatic carbocycles. The zero-order valence-electron chi connectivity index (χ0n) is 10.4. The van der Waals surface area contributed by atoms with E-state index in [1.807, 2.05) is 13.8 Å². The first-order chi connectivity index (χ1) is 7.61. The van der Waals surface area contributed by atoms with Crippen molar-refractivity contribution in [3.8, 4) is 0 Å². The monoisotopic (exact) mass is 226 g/mol. The fourth-order valence-electron chi connectivity index (χ4n) is 2.97. The van der Waals surface area contributed by atoms with Crippen LogP contribution in [0.25, 0.3) is 0 Å². The first kappa shape index (κ1) is 11.7. The van der Waals surface area contributed by atoms with Crippen molar-refractivity contribution in [3.63, 3.8) is 0 Å². The number of fused-ring (bicyclic) bond motifs is 2. The zero-order valence-corrected chi connectivity index (χ0v) is 10.4. The Morgan fingerprint density at radius 2 is 1.88 bits per heavy atom. The molecule has 0 aromatic heterocycles. The molecule has 2 atom stereocenters. The minimum Gasteiger partial charge on any atom is -0.381 e. The van der Waals surface area contributed by atoms with E-state index in [2.05, 4.69) is 10.2 Å². The molecule has 2 fully saturated rings. The molecule has 2 amide bonds. The second-order valence-corrected chi connectivity index (χ2v) is 5.23. The molecule has 2 saturated heterocycles. The van der Waals surface area contributed by atoms with Crippen LogP contribution < -0.4 is 5.32 Å². The fourth-order valence-corrected chi connectivity index (χ4v) is 2.97. The lowest BCUT2D eigenvalue weighted by molar-refractivity contribution is 0.0206. The summed E-state index contributed by atoms with van der Waals surface area (Å²) in [4.78, 5) is 14.1. The van der Waals surface area contributed by atoms with Crippen LogP contribution >= 0.6 is 0 Å². The van der Waals surface area contributed by atoms with Crippen molar-refractivity contribution in [2.75, 3.05) is 7.11 Å². The molecule has 2 rings (SSSR count). The number of carbonyl (C=O) groups excluding carboxylic acids is 1. The third kappa shape index (κ3) is 2.17. The molecule has 0 aromatic rings. The van der Waals surface area contributed by atoms with Gasteiger partial charge in [0.15, 0.2) is 0 Å². The van der Waals surface area contributed by atoms with Crippen LogP contribution in [-0.2, 0) is 4.74 Å². The van der Waals surface area contributed by atoms with Gasteiger partial charge in [0.1, 0.15) is 0 Å². The molecule has 2 aliphatic heterocycles. The Labute approximate surface area is 97.3 Å². The van der Waals surface area contributed by atoms with Crippen LogP contribution in [0.5, 0.6) is 0 Å². The van der Waals surface area contributed by atoms with Gasteiger partial charge in [-0.1, -0.05) is 0 Å². The minimum atomic E-state index is 0.108. The SMILES string of the molecule is COC1CC2CCC(C1)N2C(=O)NC(C)C. The lowest BCUT2D eigenvalue weighted by Gasteiger charge is -2.38. The molecule has 92 valence electrons. The number of carbonyl (C=O) groups is 1. The Kier molecular flexibility index (Phi) is 3.38. The van der Waals surface area contributed by atoms with Crippen molar-refractivity contribution in [3.05, 3.63) is 0 Å². The van der Waals surface area contributed by atoms with Gasteiger partial charge in [0, 0.05) is 25.2 Å². The van der Waals surface area contributed by atoms with E-state index in [0.29, 0.717) is 18.2 Å². The summed E-state index contributed by atoms with van der Waals surface area (Å²) >= 11 is 0. The van der Waals surface area contributed by atoms with Gasteiger partial charge in [0.05, 0.1) is 6.10 Å². The summed E-state index contributed by atoms with van der Waals surface area (Å²) in [6.45, 7) is 4.00. The number of rotatable bonds is 2.